The molecule has 1 heterocycles. The number of hydrogen-bond acceptors (Lipinski definition) is 4. The fourth-order valence-electron chi connectivity index (χ4n) is 10.8. The van der Waals surface area contributed by atoms with Crippen LogP contribution in [0.5, 0.6) is 0 Å². The van der Waals surface area contributed by atoms with Gasteiger partial charge in [0.2, 0.25) is 0 Å². The smallest absolute Gasteiger partial charge is 0.0849 e. The van der Waals surface area contributed by atoms with Crippen molar-refractivity contribution in [2.45, 2.75) is 124 Å². The molecule has 0 saturated heterocycles. The molecule has 2 fully saturated rings. The number of fused-ring (bicyclic) bond motifs is 7. The number of aliphatic hydroxyl groups excluding tert-OH is 2. The van der Waals surface area contributed by atoms with Crippen LogP contribution in [-0.4, -0.2) is 38.1 Å². The monoisotopic (exact) mass is 559 g/mol. The van der Waals surface area contributed by atoms with E-state index in [1.165, 1.54) is 35.1 Å². The number of nitrogens with zero attached hydrogens (tertiary/aromatic N) is 1. The average Bonchev–Trinajstić information content (AvgIpc) is 3.17. The Hall–Kier alpha value is -1.75. The number of pyridine rings is 1. The fourth-order valence-corrected chi connectivity index (χ4v) is 10.8. The molecule has 224 valence electrons. The lowest BCUT2D eigenvalue weighted by Crippen LogP contribution is -2.64. The van der Waals surface area contributed by atoms with E-state index in [0.29, 0.717) is 30.1 Å². The van der Waals surface area contributed by atoms with Gasteiger partial charge in [-0.15, -0.1) is 0 Å². The molecule has 3 N–H and O–H groups in total. The summed E-state index contributed by atoms with van der Waals surface area (Å²) in [7, 11) is 0. The second-order valence-corrected chi connectivity index (χ2v) is 16.3. The molecular weight excluding hydrogens is 506 g/mol. The number of benzene rings is 1. The van der Waals surface area contributed by atoms with E-state index in [9.17, 15) is 15.3 Å². The van der Waals surface area contributed by atoms with Crippen molar-refractivity contribution in [3.8, 4) is 0 Å². The summed E-state index contributed by atoms with van der Waals surface area (Å²) in [5.74, 6) is 1.67. The maximum absolute atomic E-state index is 12.3. The van der Waals surface area contributed by atoms with Crippen molar-refractivity contribution in [2.24, 2.45) is 39.9 Å². The fraction of sp³-hybridized carbons (Fsp3) is 0.703. The minimum absolute atomic E-state index is 0.0425. The second kappa shape index (κ2) is 9.37. The van der Waals surface area contributed by atoms with E-state index >= 15 is 0 Å². The van der Waals surface area contributed by atoms with Gasteiger partial charge in [0.25, 0.3) is 0 Å². The van der Waals surface area contributed by atoms with Crippen molar-refractivity contribution in [2.75, 3.05) is 0 Å². The highest BCUT2D eigenvalue weighted by Gasteiger charge is 2.70. The van der Waals surface area contributed by atoms with Gasteiger partial charge < -0.3 is 15.3 Å². The van der Waals surface area contributed by atoms with Gasteiger partial charge in [-0.1, -0.05) is 71.4 Å². The van der Waals surface area contributed by atoms with Gasteiger partial charge in [0.05, 0.1) is 29.0 Å². The Balaban J connectivity index is 1.35. The van der Waals surface area contributed by atoms with Crippen molar-refractivity contribution in [1.29, 1.82) is 0 Å². The SMILES string of the molecule is C[C@H](CC[C@@H](O)C(C)(C)O)[C@H]1CC[C@@]2(C)[C@@H]3CC=C4[C@@H](Cc5cc6ccccc6nc5C4(C)C)[C@]3(C)[C@H](O)C[C@]12C. The predicted octanol–water partition coefficient (Wildman–Crippen LogP) is 7.37. The van der Waals surface area contributed by atoms with Gasteiger partial charge in [0, 0.05) is 16.2 Å². The van der Waals surface area contributed by atoms with Crippen LogP contribution in [0.15, 0.2) is 42.0 Å². The van der Waals surface area contributed by atoms with Crippen molar-refractivity contribution in [1.82, 2.24) is 4.98 Å². The summed E-state index contributed by atoms with van der Waals surface area (Å²) in [6.07, 6.45) is 8.20. The van der Waals surface area contributed by atoms with Gasteiger partial charge in [0.15, 0.2) is 0 Å². The number of allylic oxidation sites excluding steroid dienone is 2. The summed E-state index contributed by atoms with van der Waals surface area (Å²) in [6, 6.07) is 10.9. The van der Waals surface area contributed by atoms with E-state index in [1.54, 1.807) is 13.8 Å². The summed E-state index contributed by atoms with van der Waals surface area (Å²) < 4.78 is 0. The molecular formula is C37H53NO3. The molecule has 4 aliphatic rings. The van der Waals surface area contributed by atoms with Gasteiger partial charge in [-0.2, -0.15) is 0 Å². The summed E-state index contributed by atoms with van der Waals surface area (Å²) in [5, 5.41) is 34.4. The molecule has 4 aliphatic carbocycles. The van der Waals surface area contributed by atoms with Gasteiger partial charge in [-0.25, -0.2) is 0 Å². The third-order valence-electron chi connectivity index (χ3n) is 13.6. The topological polar surface area (TPSA) is 73.6 Å². The van der Waals surface area contributed by atoms with E-state index in [-0.39, 0.29) is 27.8 Å². The largest absolute Gasteiger partial charge is 0.393 e. The highest BCUT2D eigenvalue weighted by atomic mass is 16.3. The Morgan fingerprint density at radius 2 is 1.76 bits per heavy atom. The molecule has 0 aliphatic heterocycles. The molecule has 2 aromatic rings. The third-order valence-corrected chi connectivity index (χ3v) is 13.6. The standard InChI is InChI=1S/C37H53NO3/c1-22(13-16-30(39)34(4,5)41)25-17-18-35(6)29-15-14-26-27(37(29,8)31(40)21-36(25,35)7)20-24-19-23-11-9-10-12-28(23)38-32(24)33(26,2)3/h9-12,14,19,22,25,27,29-31,39-41H,13,15-18,20-21H2,1-8H3/t22-,25-,27-,29+,30-,31-,35+,36-,37+/m1/s1. The van der Waals surface area contributed by atoms with E-state index in [0.717, 1.165) is 31.2 Å². The summed E-state index contributed by atoms with van der Waals surface area (Å²) in [4.78, 5) is 5.22. The van der Waals surface area contributed by atoms with E-state index in [1.807, 2.05) is 0 Å². The molecule has 4 heteroatoms. The summed E-state index contributed by atoms with van der Waals surface area (Å²) in [5.41, 5.74) is 3.89. The first kappa shape index (κ1) is 29.3. The van der Waals surface area contributed by atoms with Crippen molar-refractivity contribution in [3.05, 3.63) is 53.2 Å². The van der Waals surface area contributed by atoms with Gasteiger partial charge in [0.1, 0.15) is 0 Å². The third kappa shape index (κ3) is 4.06. The first-order chi connectivity index (χ1) is 19.0. The van der Waals surface area contributed by atoms with E-state index in [2.05, 4.69) is 78.0 Å². The second-order valence-electron chi connectivity index (χ2n) is 16.3. The molecule has 1 aromatic heterocycles. The molecule has 0 spiro atoms. The van der Waals surface area contributed by atoms with Crippen LogP contribution >= 0.6 is 0 Å². The molecule has 1 aromatic carbocycles. The average molecular weight is 560 g/mol. The number of para-hydroxylation sites is 1. The zero-order valence-corrected chi connectivity index (χ0v) is 26.7. The summed E-state index contributed by atoms with van der Waals surface area (Å²) in [6.45, 7) is 17.9. The lowest BCUT2D eigenvalue weighted by molar-refractivity contribution is -0.198. The number of aliphatic hydroxyl groups is 3. The van der Waals surface area contributed by atoms with Crippen molar-refractivity contribution < 1.29 is 15.3 Å². The Bertz CT molecular complexity index is 1370. The summed E-state index contributed by atoms with van der Waals surface area (Å²) >= 11 is 0. The van der Waals surface area contributed by atoms with Crippen LogP contribution in [0.2, 0.25) is 0 Å². The van der Waals surface area contributed by atoms with Gasteiger partial charge in [-0.05, 0) is 111 Å². The Morgan fingerprint density at radius 1 is 1.05 bits per heavy atom. The van der Waals surface area contributed by atoms with Gasteiger partial charge >= 0.3 is 0 Å². The molecule has 9 atom stereocenters. The molecule has 6 rings (SSSR count). The minimum Gasteiger partial charge on any atom is -0.393 e. The molecule has 2 saturated carbocycles. The Labute approximate surface area is 247 Å². The first-order valence-electron chi connectivity index (χ1n) is 16.2. The van der Waals surface area contributed by atoms with Crippen LogP contribution in [0.3, 0.4) is 0 Å². The molecule has 0 unspecified atom stereocenters. The molecule has 0 bridgehead atoms. The van der Waals surface area contributed by atoms with Crippen LogP contribution in [0.1, 0.15) is 105 Å². The maximum atomic E-state index is 12.3. The van der Waals surface area contributed by atoms with Crippen LogP contribution in [-0.2, 0) is 11.8 Å². The maximum Gasteiger partial charge on any atom is 0.0849 e. The zero-order valence-electron chi connectivity index (χ0n) is 26.7. The molecule has 4 nitrogen and oxygen atoms in total. The quantitative estimate of drug-likeness (QED) is 0.334. The number of hydrogen-bond donors (Lipinski definition) is 3. The lowest BCUT2D eigenvalue weighted by atomic mass is 9.38. The minimum atomic E-state index is -1.07. The Kier molecular flexibility index (Phi) is 6.70. The lowest BCUT2D eigenvalue weighted by Gasteiger charge is -2.67. The molecule has 0 amide bonds. The highest BCUT2D eigenvalue weighted by molar-refractivity contribution is 5.80. The van der Waals surface area contributed by atoms with Crippen molar-refractivity contribution >= 4 is 10.9 Å². The first-order valence-corrected chi connectivity index (χ1v) is 16.2. The molecule has 41 heavy (non-hydrogen) atoms. The van der Waals surface area contributed by atoms with E-state index < -0.39 is 11.7 Å². The zero-order chi connectivity index (χ0) is 29.8. The highest BCUT2D eigenvalue weighted by Crippen LogP contribution is 2.74. The molecule has 0 radical (unpaired) electrons. The normalized spacial score (nSPS) is 39.2. The van der Waals surface area contributed by atoms with Crippen LogP contribution in [0.25, 0.3) is 10.9 Å². The van der Waals surface area contributed by atoms with Crippen LogP contribution in [0, 0.1) is 39.9 Å². The van der Waals surface area contributed by atoms with E-state index in [4.69, 9.17) is 4.98 Å². The van der Waals surface area contributed by atoms with Crippen molar-refractivity contribution in [3.63, 3.8) is 0 Å². The number of rotatable bonds is 5. The number of aromatic nitrogens is 1. The predicted molar refractivity (Wildman–Crippen MR) is 167 cm³/mol. The van der Waals surface area contributed by atoms with Gasteiger partial charge in [-0.3, -0.25) is 4.98 Å². The van der Waals surface area contributed by atoms with Crippen LogP contribution < -0.4 is 0 Å². The Morgan fingerprint density at radius 3 is 2.46 bits per heavy atom. The van der Waals surface area contributed by atoms with Crippen LogP contribution in [0.4, 0.5) is 0 Å².